The van der Waals surface area contributed by atoms with Crippen LogP contribution in [0.15, 0.2) is 24.3 Å². The van der Waals surface area contributed by atoms with Crippen molar-refractivity contribution in [3.63, 3.8) is 0 Å². The normalized spacial score (nSPS) is 12.0. The van der Waals surface area contributed by atoms with E-state index in [1.165, 1.54) is 0 Å². The van der Waals surface area contributed by atoms with Gasteiger partial charge in [-0.3, -0.25) is 4.79 Å². The SMILES string of the molecule is CC(C)C(N)CC(=O)Nc1cccc(NC(N)=O)c1. The Bertz CT molecular complexity index is 460. The number of urea groups is 1. The fourth-order valence-corrected chi connectivity index (χ4v) is 1.48. The third-order valence-corrected chi connectivity index (χ3v) is 2.69. The Kier molecular flexibility index (Phi) is 5.32. The lowest BCUT2D eigenvalue weighted by atomic mass is 10.0. The summed E-state index contributed by atoms with van der Waals surface area (Å²) in [7, 11) is 0. The van der Waals surface area contributed by atoms with Crippen molar-refractivity contribution in [2.24, 2.45) is 17.4 Å². The molecule has 0 radical (unpaired) electrons. The molecule has 3 amide bonds. The molecule has 0 fully saturated rings. The van der Waals surface area contributed by atoms with E-state index in [0.717, 1.165) is 0 Å². The number of primary amides is 1. The molecule has 0 aromatic heterocycles. The summed E-state index contributed by atoms with van der Waals surface area (Å²) < 4.78 is 0. The minimum absolute atomic E-state index is 0.155. The minimum Gasteiger partial charge on any atom is -0.351 e. The van der Waals surface area contributed by atoms with Crippen molar-refractivity contribution in [2.75, 3.05) is 10.6 Å². The fourth-order valence-electron chi connectivity index (χ4n) is 1.48. The van der Waals surface area contributed by atoms with Crippen molar-refractivity contribution in [3.05, 3.63) is 24.3 Å². The van der Waals surface area contributed by atoms with Gasteiger partial charge in [-0.1, -0.05) is 19.9 Å². The maximum absolute atomic E-state index is 11.8. The maximum atomic E-state index is 11.8. The van der Waals surface area contributed by atoms with E-state index in [1.807, 2.05) is 13.8 Å². The number of rotatable bonds is 5. The number of benzene rings is 1. The summed E-state index contributed by atoms with van der Waals surface area (Å²) >= 11 is 0. The summed E-state index contributed by atoms with van der Waals surface area (Å²) in [5.74, 6) is 0.0889. The van der Waals surface area contributed by atoms with E-state index in [2.05, 4.69) is 10.6 Å². The van der Waals surface area contributed by atoms with Crippen LogP contribution in [0.25, 0.3) is 0 Å². The molecule has 6 nitrogen and oxygen atoms in total. The lowest BCUT2D eigenvalue weighted by molar-refractivity contribution is -0.116. The first-order chi connectivity index (χ1) is 8.88. The summed E-state index contributed by atoms with van der Waals surface area (Å²) in [5.41, 5.74) is 12.0. The smallest absolute Gasteiger partial charge is 0.316 e. The summed E-state index contributed by atoms with van der Waals surface area (Å²) in [6.45, 7) is 3.94. The first-order valence-electron chi connectivity index (χ1n) is 6.10. The third kappa shape index (κ3) is 5.39. The van der Waals surface area contributed by atoms with Crippen LogP contribution in [0.1, 0.15) is 20.3 Å². The standard InChI is InChI=1S/C13H20N4O2/c1-8(2)11(14)7-12(18)16-9-4-3-5-10(6-9)17-13(15)19/h3-6,8,11H,7,14H2,1-2H3,(H,16,18)(H3,15,17,19). The average molecular weight is 264 g/mol. The summed E-state index contributed by atoms with van der Waals surface area (Å²) in [6.07, 6.45) is 0.255. The number of anilines is 2. The highest BCUT2D eigenvalue weighted by molar-refractivity contribution is 5.93. The van der Waals surface area contributed by atoms with Gasteiger partial charge < -0.3 is 22.1 Å². The number of carbonyl (C=O) groups excluding carboxylic acids is 2. The van der Waals surface area contributed by atoms with Gasteiger partial charge in [0.05, 0.1) is 0 Å². The minimum atomic E-state index is -0.648. The molecule has 0 bridgehead atoms. The van der Waals surface area contributed by atoms with Gasteiger partial charge in [0.2, 0.25) is 5.91 Å². The second-order valence-corrected chi connectivity index (χ2v) is 4.73. The lowest BCUT2D eigenvalue weighted by Crippen LogP contribution is -2.31. The highest BCUT2D eigenvalue weighted by atomic mass is 16.2. The molecule has 6 heteroatoms. The Labute approximate surface area is 112 Å². The van der Waals surface area contributed by atoms with Gasteiger partial charge in [0, 0.05) is 23.8 Å². The molecule has 0 spiro atoms. The van der Waals surface area contributed by atoms with E-state index in [0.29, 0.717) is 11.4 Å². The fraction of sp³-hybridized carbons (Fsp3) is 0.385. The van der Waals surface area contributed by atoms with Crippen LogP contribution < -0.4 is 22.1 Å². The molecule has 104 valence electrons. The lowest BCUT2D eigenvalue weighted by Gasteiger charge is -2.15. The number of nitrogens with one attached hydrogen (secondary N) is 2. The highest BCUT2D eigenvalue weighted by Crippen LogP contribution is 2.15. The van der Waals surface area contributed by atoms with Crippen LogP contribution in [-0.4, -0.2) is 18.0 Å². The van der Waals surface area contributed by atoms with Crippen molar-refractivity contribution in [2.45, 2.75) is 26.3 Å². The van der Waals surface area contributed by atoms with Crippen LogP contribution in [0, 0.1) is 5.92 Å². The van der Waals surface area contributed by atoms with Gasteiger partial charge in [-0.15, -0.1) is 0 Å². The molecule has 19 heavy (non-hydrogen) atoms. The van der Waals surface area contributed by atoms with E-state index in [1.54, 1.807) is 24.3 Å². The number of carbonyl (C=O) groups is 2. The van der Waals surface area contributed by atoms with Crippen LogP contribution >= 0.6 is 0 Å². The second kappa shape index (κ2) is 6.75. The Balaban J connectivity index is 2.61. The Morgan fingerprint density at radius 3 is 2.32 bits per heavy atom. The zero-order valence-electron chi connectivity index (χ0n) is 11.1. The van der Waals surface area contributed by atoms with Gasteiger partial charge in [-0.25, -0.2) is 4.79 Å². The molecule has 0 heterocycles. The molecule has 1 unspecified atom stereocenters. The van der Waals surface area contributed by atoms with Crippen LogP contribution in [0.2, 0.25) is 0 Å². The van der Waals surface area contributed by atoms with Crippen molar-refractivity contribution >= 4 is 23.3 Å². The molecule has 0 saturated carbocycles. The largest absolute Gasteiger partial charge is 0.351 e. The highest BCUT2D eigenvalue weighted by Gasteiger charge is 2.13. The topological polar surface area (TPSA) is 110 Å². The number of hydrogen-bond acceptors (Lipinski definition) is 3. The van der Waals surface area contributed by atoms with Gasteiger partial charge in [-0.05, 0) is 24.1 Å². The van der Waals surface area contributed by atoms with Crippen LogP contribution in [0.5, 0.6) is 0 Å². The van der Waals surface area contributed by atoms with E-state index >= 15 is 0 Å². The first kappa shape index (κ1) is 15.0. The van der Waals surface area contributed by atoms with Crippen molar-refractivity contribution in [1.29, 1.82) is 0 Å². The summed E-state index contributed by atoms with van der Waals surface area (Å²) in [5, 5.41) is 5.17. The van der Waals surface area contributed by atoms with Crippen molar-refractivity contribution in [1.82, 2.24) is 0 Å². The average Bonchev–Trinajstić information content (AvgIpc) is 2.27. The molecule has 0 aliphatic carbocycles. The number of hydrogen-bond donors (Lipinski definition) is 4. The summed E-state index contributed by atoms with van der Waals surface area (Å²) in [4.78, 5) is 22.5. The second-order valence-electron chi connectivity index (χ2n) is 4.73. The Morgan fingerprint density at radius 2 is 1.79 bits per heavy atom. The molecule has 1 aromatic carbocycles. The molecule has 0 saturated heterocycles. The number of nitrogens with two attached hydrogens (primary N) is 2. The molecule has 1 rings (SSSR count). The van der Waals surface area contributed by atoms with Gasteiger partial charge in [0.1, 0.15) is 0 Å². The van der Waals surface area contributed by atoms with Crippen LogP contribution in [0.3, 0.4) is 0 Å². The van der Waals surface area contributed by atoms with Crippen molar-refractivity contribution < 1.29 is 9.59 Å². The van der Waals surface area contributed by atoms with Gasteiger partial charge in [0.25, 0.3) is 0 Å². The predicted molar refractivity (Wildman–Crippen MR) is 75.7 cm³/mol. The monoisotopic (exact) mass is 264 g/mol. The molecule has 6 N–H and O–H groups in total. The zero-order chi connectivity index (χ0) is 14.4. The van der Waals surface area contributed by atoms with E-state index in [-0.39, 0.29) is 24.3 Å². The Hall–Kier alpha value is -2.08. The van der Waals surface area contributed by atoms with Crippen LogP contribution in [0.4, 0.5) is 16.2 Å². The quantitative estimate of drug-likeness (QED) is 0.646. The third-order valence-electron chi connectivity index (χ3n) is 2.69. The van der Waals surface area contributed by atoms with E-state index in [9.17, 15) is 9.59 Å². The molecule has 1 aromatic rings. The summed E-state index contributed by atoms with van der Waals surface area (Å²) in [6, 6.07) is 5.93. The maximum Gasteiger partial charge on any atom is 0.316 e. The molecule has 0 aliphatic rings. The van der Waals surface area contributed by atoms with E-state index in [4.69, 9.17) is 11.5 Å². The molecule has 1 atom stereocenters. The predicted octanol–water partition coefficient (Wildman–Crippen LogP) is 1.49. The molecule has 0 aliphatic heterocycles. The Morgan fingerprint density at radius 1 is 1.21 bits per heavy atom. The molecular formula is C13H20N4O2. The zero-order valence-corrected chi connectivity index (χ0v) is 11.1. The molecular weight excluding hydrogens is 244 g/mol. The van der Waals surface area contributed by atoms with E-state index < -0.39 is 6.03 Å². The van der Waals surface area contributed by atoms with Gasteiger partial charge in [0.15, 0.2) is 0 Å². The first-order valence-corrected chi connectivity index (χ1v) is 6.10. The van der Waals surface area contributed by atoms with Gasteiger partial charge >= 0.3 is 6.03 Å². The number of amides is 3. The van der Waals surface area contributed by atoms with Crippen LogP contribution in [-0.2, 0) is 4.79 Å². The van der Waals surface area contributed by atoms with Gasteiger partial charge in [-0.2, -0.15) is 0 Å². The van der Waals surface area contributed by atoms with Crippen molar-refractivity contribution in [3.8, 4) is 0 Å².